The van der Waals surface area contributed by atoms with E-state index in [-0.39, 0.29) is 27.7 Å². The number of methoxy groups -OCH3 is 1. The maximum absolute atomic E-state index is 11.5. The van der Waals surface area contributed by atoms with Crippen LogP contribution in [0.25, 0.3) is 0 Å². The van der Waals surface area contributed by atoms with E-state index >= 15 is 0 Å². The summed E-state index contributed by atoms with van der Waals surface area (Å²) in [4.78, 5) is 10.9. The van der Waals surface area contributed by atoms with Crippen LogP contribution in [0.1, 0.15) is 10.6 Å². The number of ether oxygens (including phenoxy) is 1. The monoisotopic (exact) mass is 224 g/mol. The predicted molar refractivity (Wildman–Crippen MR) is 52.7 cm³/mol. The van der Waals surface area contributed by atoms with Crippen molar-refractivity contribution in [2.45, 2.75) is 5.09 Å². The third-order valence-corrected chi connectivity index (χ3v) is 3.33. The molecule has 78 valence electrons. The topological polar surface area (TPSA) is 73.6 Å². The zero-order valence-electron chi connectivity index (χ0n) is 8.52. The molecule has 5 nitrogen and oxygen atoms in total. The average molecular weight is 224 g/mol. The Hall–Kier alpha value is -0.543. The molecule has 1 rings (SSSR count). The van der Waals surface area contributed by atoms with Crippen LogP contribution in [0, 0.1) is 0 Å². The molecule has 0 aliphatic rings. The molecule has 1 aromatic rings. The average Bonchev–Trinajstić information content (AvgIpc) is 2.64. The van der Waals surface area contributed by atoms with Crippen molar-refractivity contribution in [3.63, 3.8) is 0 Å². The van der Waals surface area contributed by atoms with Crippen LogP contribution in [0.3, 0.4) is 0 Å². The van der Waals surface area contributed by atoms with Crippen molar-refractivity contribution < 1.29 is 22.4 Å². The summed E-state index contributed by atoms with van der Waals surface area (Å²) in [5.41, 5.74) is 0. The van der Waals surface area contributed by atoms with Gasteiger partial charge in [0.2, 0.25) is 0 Å². The van der Waals surface area contributed by atoms with Crippen molar-refractivity contribution in [3.8, 4) is 0 Å². The fourth-order valence-electron chi connectivity index (χ4n) is 0.970. The molecule has 0 amide bonds. The number of hydrogen-bond acceptors (Lipinski definition) is 5. The molecule has 0 unspecified atom stereocenters. The van der Waals surface area contributed by atoms with Gasteiger partial charge >= 0.3 is 96.8 Å². The SMILES string of the molecule is [Li][C](=O)c1ccc(S(=O)(=O)CCOC)o1. The molecule has 0 saturated heterocycles. The predicted octanol–water partition coefficient (Wildman–Crippen LogP) is 0.00840. The molecule has 0 aliphatic carbocycles. The normalized spacial score (nSPS) is 11.7. The number of furan rings is 1. The third kappa shape index (κ3) is 3.21. The summed E-state index contributed by atoms with van der Waals surface area (Å²) in [6.45, 7) is 0.0957. The van der Waals surface area contributed by atoms with Crippen molar-refractivity contribution in [1.82, 2.24) is 0 Å². The number of carbonyl (C=O) groups is 1. The van der Waals surface area contributed by atoms with Gasteiger partial charge in [0.25, 0.3) is 0 Å². The molecule has 0 bridgehead atoms. The zero-order chi connectivity index (χ0) is 11.5. The van der Waals surface area contributed by atoms with E-state index in [0.29, 0.717) is 0 Å². The van der Waals surface area contributed by atoms with E-state index in [2.05, 4.69) is 4.74 Å². The second-order valence-corrected chi connectivity index (χ2v) is 5.03. The Morgan fingerprint density at radius 3 is 2.67 bits per heavy atom. The van der Waals surface area contributed by atoms with Gasteiger partial charge < -0.3 is 0 Å². The molecular weight excluding hydrogens is 215 g/mol. The van der Waals surface area contributed by atoms with Crippen LogP contribution in [0.15, 0.2) is 21.6 Å². The number of rotatable bonds is 5. The van der Waals surface area contributed by atoms with E-state index in [1.165, 1.54) is 37.0 Å². The first kappa shape index (κ1) is 12.5. The van der Waals surface area contributed by atoms with Gasteiger partial charge in [-0.05, 0) is 0 Å². The second-order valence-electron chi connectivity index (χ2n) is 2.99. The minimum atomic E-state index is -3.48. The Balaban J connectivity index is 2.91. The van der Waals surface area contributed by atoms with Gasteiger partial charge in [-0.3, -0.25) is 0 Å². The Labute approximate surface area is 96.9 Å². The molecule has 0 saturated carbocycles. The summed E-state index contributed by atoms with van der Waals surface area (Å²) < 4.78 is 32.4. The van der Waals surface area contributed by atoms with Gasteiger partial charge in [0.15, 0.2) is 0 Å². The molecule has 0 atom stereocenters. The summed E-state index contributed by atoms with van der Waals surface area (Å²) in [6.07, 6.45) is 0. The van der Waals surface area contributed by atoms with Crippen molar-refractivity contribution in [2.75, 3.05) is 19.5 Å². The molecule has 0 aromatic carbocycles. The van der Waals surface area contributed by atoms with Crippen LogP contribution >= 0.6 is 0 Å². The van der Waals surface area contributed by atoms with Crippen LogP contribution in [0.5, 0.6) is 0 Å². The molecule has 0 fully saturated rings. The summed E-state index contributed by atoms with van der Waals surface area (Å²) in [5.74, 6) is -0.111. The molecule has 1 aromatic heterocycles. The molecule has 0 N–H and O–H groups in total. The van der Waals surface area contributed by atoms with Gasteiger partial charge in [-0.2, -0.15) is 0 Å². The number of carbonyl (C=O) groups excluding carboxylic acids is 1. The van der Waals surface area contributed by atoms with Crippen LogP contribution in [-0.2, 0) is 14.6 Å². The molecule has 15 heavy (non-hydrogen) atoms. The summed E-state index contributed by atoms with van der Waals surface area (Å²) >= 11 is 1.31. The van der Waals surface area contributed by atoms with Gasteiger partial charge in [-0.25, -0.2) is 0 Å². The van der Waals surface area contributed by atoms with Gasteiger partial charge in [-0.15, -0.1) is 0 Å². The summed E-state index contributed by atoms with van der Waals surface area (Å²) in [5, 5.41) is -0.190. The first-order chi connectivity index (χ1) is 6.97. The number of hydrogen-bond donors (Lipinski definition) is 0. The summed E-state index contributed by atoms with van der Waals surface area (Å²) in [7, 11) is -2.06. The molecule has 0 spiro atoms. The van der Waals surface area contributed by atoms with Gasteiger partial charge in [0.05, 0.1) is 0 Å². The minimum absolute atomic E-state index is 0.0472. The van der Waals surface area contributed by atoms with E-state index in [4.69, 9.17) is 4.42 Å². The van der Waals surface area contributed by atoms with E-state index in [9.17, 15) is 13.2 Å². The standard InChI is InChI=1S/C8H9O5S.Li/c1-12-4-5-14(10,11)8-3-2-7(6-9)13-8;/h2-3H,4-5H2,1H3;. The fourth-order valence-corrected chi connectivity index (χ4v) is 2.05. The fraction of sp³-hybridized carbons (Fsp3) is 0.375. The Morgan fingerprint density at radius 2 is 2.20 bits per heavy atom. The Kier molecular flexibility index (Phi) is 4.17. The summed E-state index contributed by atoms with van der Waals surface area (Å²) in [6, 6.07) is 2.63. The quantitative estimate of drug-likeness (QED) is 0.658. The van der Waals surface area contributed by atoms with Crippen molar-refractivity contribution >= 4 is 32.0 Å². The third-order valence-electron chi connectivity index (χ3n) is 1.79. The van der Waals surface area contributed by atoms with Crippen molar-refractivity contribution in [1.29, 1.82) is 0 Å². The maximum atomic E-state index is 11.5. The molecule has 0 aliphatic heterocycles. The second kappa shape index (κ2) is 4.99. The van der Waals surface area contributed by atoms with Crippen LogP contribution in [0.4, 0.5) is 0 Å². The van der Waals surface area contributed by atoms with Crippen LogP contribution in [0.2, 0.25) is 0 Å². The zero-order valence-corrected chi connectivity index (χ0v) is 9.33. The van der Waals surface area contributed by atoms with E-state index < -0.39 is 9.84 Å². The molecule has 0 radical (unpaired) electrons. The van der Waals surface area contributed by atoms with Crippen LogP contribution in [-0.4, -0.2) is 50.1 Å². The first-order valence-corrected chi connectivity index (χ1v) is 5.95. The first-order valence-electron chi connectivity index (χ1n) is 4.30. The van der Waals surface area contributed by atoms with E-state index in [0.717, 1.165) is 0 Å². The van der Waals surface area contributed by atoms with E-state index in [1.54, 1.807) is 0 Å². The Morgan fingerprint density at radius 1 is 1.53 bits per heavy atom. The number of sulfone groups is 1. The van der Waals surface area contributed by atoms with E-state index in [1.807, 2.05) is 0 Å². The molecule has 1 heterocycles. The van der Waals surface area contributed by atoms with Crippen molar-refractivity contribution in [2.24, 2.45) is 0 Å². The molecular formula is C8H9LiO5S. The van der Waals surface area contributed by atoms with Crippen molar-refractivity contribution in [3.05, 3.63) is 17.9 Å². The van der Waals surface area contributed by atoms with Crippen LogP contribution < -0.4 is 0 Å². The van der Waals surface area contributed by atoms with Gasteiger partial charge in [-0.1, -0.05) is 0 Å². The van der Waals surface area contributed by atoms with Gasteiger partial charge in [0.1, 0.15) is 0 Å². The Bertz CT molecular complexity index is 447. The molecule has 7 heteroatoms. The van der Waals surface area contributed by atoms with Gasteiger partial charge in [0, 0.05) is 0 Å².